The molecule has 0 aliphatic heterocycles. The third kappa shape index (κ3) is 2.91. The number of carbonyl (C=O) groups excluding carboxylic acids is 1. The molecule has 8 heteroatoms. The van der Waals surface area contributed by atoms with Crippen LogP contribution in [-0.4, -0.2) is 27.7 Å². The molecule has 0 unspecified atom stereocenters. The SMILES string of the molecule is CCOC(=O)Oc1nc2c(sc3nc(-c4ccccc4)ccc32)c(=O)[nH]1. The molecule has 1 aromatic carbocycles. The smallest absolute Gasteiger partial charge is 0.434 e. The molecule has 1 N–H and O–H groups in total. The van der Waals surface area contributed by atoms with Crippen molar-refractivity contribution in [3.8, 4) is 17.3 Å². The summed E-state index contributed by atoms with van der Waals surface area (Å²) >= 11 is 1.25. The van der Waals surface area contributed by atoms with E-state index in [1.54, 1.807) is 6.92 Å². The van der Waals surface area contributed by atoms with Crippen molar-refractivity contribution in [2.45, 2.75) is 6.92 Å². The Kier molecular flexibility index (Phi) is 4.10. The maximum atomic E-state index is 12.3. The molecule has 0 amide bonds. The molecule has 0 aliphatic carbocycles. The first-order chi connectivity index (χ1) is 12.7. The normalized spacial score (nSPS) is 11.0. The monoisotopic (exact) mass is 367 g/mol. The fourth-order valence-electron chi connectivity index (χ4n) is 2.56. The summed E-state index contributed by atoms with van der Waals surface area (Å²) in [7, 11) is 0. The average molecular weight is 367 g/mol. The van der Waals surface area contributed by atoms with Crippen LogP contribution in [0.5, 0.6) is 6.01 Å². The molecule has 3 heterocycles. The minimum absolute atomic E-state index is 0.166. The fourth-order valence-corrected chi connectivity index (χ4v) is 3.57. The van der Waals surface area contributed by atoms with E-state index in [-0.39, 0.29) is 12.6 Å². The Bertz CT molecular complexity index is 1170. The molecule has 0 spiro atoms. The number of nitrogens with zero attached hydrogens (tertiary/aromatic N) is 2. The van der Waals surface area contributed by atoms with Crippen molar-refractivity contribution >= 4 is 37.9 Å². The summed E-state index contributed by atoms with van der Waals surface area (Å²) in [4.78, 5) is 35.8. The van der Waals surface area contributed by atoms with E-state index < -0.39 is 11.7 Å². The Morgan fingerprint density at radius 2 is 1.96 bits per heavy atom. The van der Waals surface area contributed by atoms with E-state index in [0.29, 0.717) is 15.0 Å². The number of fused-ring (bicyclic) bond motifs is 3. The first-order valence-corrected chi connectivity index (χ1v) is 8.71. The van der Waals surface area contributed by atoms with Crippen LogP contribution in [0.2, 0.25) is 0 Å². The number of nitrogens with one attached hydrogen (secondary N) is 1. The number of thiophene rings is 1. The Morgan fingerprint density at radius 3 is 2.73 bits per heavy atom. The van der Waals surface area contributed by atoms with Crippen LogP contribution in [0.4, 0.5) is 4.79 Å². The summed E-state index contributed by atoms with van der Waals surface area (Å²) in [6.07, 6.45) is -0.918. The molecule has 4 rings (SSSR count). The summed E-state index contributed by atoms with van der Waals surface area (Å²) in [5.41, 5.74) is 1.85. The van der Waals surface area contributed by atoms with Crippen LogP contribution >= 0.6 is 11.3 Å². The largest absolute Gasteiger partial charge is 0.516 e. The van der Waals surface area contributed by atoms with Crippen molar-refractivity contribution in [3.05, 3.63) is 52.8 Å². The van der Waals surface area contributed by atoms with Crippen molar-refractivity contribution in [2.24, 2.45) is 0 Å². The standard InChI is InChI=1S/C18H13N3O4S/c1-2-24-18(23)25-17-20-13-11-8-9-12(10-6-4-3-5-7-10)19-16(11)26-14(13)15(22)21-17/h3-9H,2H2,1H3,(H,20,21,22). The molecule has 0 fully saturated rings. The van der Waals surface area contributed by atoms with E-state index in [4.69, 9.17) is 9.47 Å². The highest BCUT2D eigenvalue weighted by molar-refractivity contribution is 7.25. The summed E-state index contributed by atoms with van der Waals surface area (Å²) in [5.74, 6) is 0. The quantitative estimate of drug-likeness (QED) is 0.555. The molecular formula is C18H13N3O4S. The Labute approximate surface area is 151 Å². The van der Waals surface area contributed by atoms with Gasteiger partial charge in [0.15, 0.2) is 0 Å². The van der Waals surface area contributed by atoms with E-state index in [0.717, 1.165) is 16.6 Å². The van der Waals surface area contributed by atoms with Gasteiger partial charge in [0, 0.05) is 10.9 Å². The van der Waals surface area contributed by atoms with Crippen LogP contribution in [0.15, 0.2) is 47.3 Å². The molecule has 0 bridgehead atoms. The van der Waals surface area contributed by atoms with Crippen LogP contribution in [-0.2, 0) is 4.74 Å². The maximum absolute atomic E-state index is 12.3. The lowest BCUT2D eigenvalue weighted by Crippen LogP contribution is -2.15. The molecule has 7 nitrogen and oxygen atoms in total. The van der Waals surface area contributed by atoms with Gasteiger partial charge in [0.05, 0.1) is 12.3 Å². The van der Waals surface area contributed by atoms with Crippen LogP contribution in [0.25, 0.3) is 31.7 Å². The molecule has 0 aliphatic rings. The number of ether oxygens (including phenoxy) is 2. The van der Waals surface area contributed by atoms with Gasteiger partial charge in [-0.2, -0.15) is 4.98 Å². The van der Waals surface area contributed by atoms with E-state index in [9.17, 15) is 9.59 Å². The van der Waals surface area contributed by atoms with Crippen molar-refractivity contribution in [1.29, 1.82) is 0 Å². The second-order valence-corrected chi connectivity index (χ2v) is 6.35. The lowest BCUT2D eigenvalue weighted by Gasteiger charge is -2.02. The van der Waals surface area contributed by atoms with Gasteiger partial charge in [-0.05, 0) is 19.1 Å². The number of carbonyl (C=O) groups is 1. The number of rotatable bonds is 3. The minimum atomic E-state index is -0.918. The maximum Gasteiger partial charge on any atom is 0.516 e. The number of pyridine rings is 1. The average Bonchev–Trinajstić information content (AvgIpc) is 3.01. The zero-order valence-corrected chi connectivity index (χ0v) is 14.5. The lowest BCUT2D eigenvalue weighted by atomic mass is 10.1. The Balaban J connectivity index is 1.82. The number of hydrogen-bond donors (Lipinski definition) is 1. The first kappa shape index (κ1) is 16.2. The molecule has 0 saturated carbocycles. The summed E-state index contributed by atoms with van der Waals surface area (Å²) in [5, 5.41) is 0.726. The number of aromatic nitrogens is 3. The van der Waals surface area contributed by atoms with Gasteiger partial charge >= 0.3 is 12.2 Å². The van der Waals surface area contributed by atoms with Crippen LogP contribution < -0.4 is 10.3 Å². The number of H-pyrrole nitrogens is 1. The minimum Gasteiger partial charge on any atom is -0.434 e. The van der Waals surface area contributed by atoms with Gasteiger partial charge in [0.25, 0.3) is 5.56 Å². The van der Waals surface area contributed by atoms with E-state index in [1.165, 1.54) is 11.3 Å². The van der Waals surface area contributed by atoms with Gasteiger partial charge in [0.1, 0.15) is 15.0 Å². The molecule has 26 heavy (non-hydrogen) atoms. The summed E-state index contributed by atoms with van der Waals surface area (Å²) in [6, 6.07) is 13.3. The van der Waals surface area contributed by atoms with Crippen LogP contribution in [0.3, 0.4) is 0 Å². The number of hydrogen-bond acceptors (Lipinski definition) is 7. The van der Waals surface area contributed by atoms with Crippen molar-refractivity contribution < 1.29 is 14.3 Å². The predicted molar refractivity (Wildman–Crippen MR) is 98.6 cm³/mol. The molecule has 4 aromatic rings. The predicted octanol–water partition coefficient (Wildman–Crippen LogP) is 3.74. The second-order valence-electron chi connectivity index (χ2n) is 5.35. The lowest BCUT2D eigenvalue weighted by molar-refractivity contribution is 0.101. The Morgan fingerprint density at radius 1 is 1.15 bits per heavy atom. The van der Waals surface area contributed by atoms with Gasteiger partial charge in [-0.25, -0.2) is 9.78 Å². The molecule has 130 valence electrons. The van der Waals surface area contributed by atoms with E-state index >= 15 is 0 Å². The fraction of sp³-hybridized carbons (Fsp3) is 0.111. The topological polar surface area (TPSA) is 94.2 Å². The molecule has 0 atom stereocenters. The van der Waals surface area contributed by atoms with E-state index in [1.807, 2.05) is 42.5 Å². The third-order valence-corrected chi connectivity index (χ3v) is 4.77. The molecule has 3 aromatic heterocycles. The third-order valence-electron chi connectivity index (χ3n) is 3.68. The second kappa shape index (κ2) is 6.57. The van der Waals surface area contributed by atoms with Gasteiger partial charge in [-0.15, -0.1) is 11.3 Å². The van der Waals surface area contributed by atoms with Crippen molar-refractivity contribution in [3.63, 3.8) is 0 Å². The zero-order valence-electron chi connectivity index (χ0n) is 13.7. The summed E-state index contributed by atoms with van der Waals surface area (Å²) in [6.45, 7) is 1.82. The van der Waals surface area contributed by atoms with Crippen LogP contribution in [0, 0.1) is 0 Å². The molecule has 0 saturated heterocycles. The van der Waals surface area contributed by atoms with Crippen molar-refractivity contribution in [1.82, 2.24) is 15.0 Å². The highest BCUT2D eigenvalue weighted by atomic mass is 32.1. The number of benzene rings is 1. The van der Waals surface area contributed by atoms with E-state index in [2.05, 4.69) is 15.0 Å². The Hall–Kier alpha value is -3.26. The van der Waals surface area contributed by atoms with Gasteiger partial charge in [-0.1, -0.05) is 30.3 Å². The van der Waals surface area contributed by atoms with Crippen LogP contribution in [0.1, 0.15) is 6.92 Å². The molecular weight excluding hydrogens is 354 g/mol. The first-order valence-electron chi connectivity index (χ1n) is 7.89. The van der Waals surface area contributed by atoms with Gasteiger partial charge in [-0.3, -0.25) is 9.78 Å². The molecule has 0 radical (unpaired) electrons. The van der Waals surface area contributed by atoms with Gasteiger partial charge < -0.3 is 9.47 Å². The van der Waals surface area contributed by atoms with Gasteiger partial charge in [0.2, 0.25) is 0 Å². The zero-order chi connectivity index (χ0) is 18.1. The highest BCUT2D eigenvalue weighted by Crippen LogP contribution is 2.31. The highest BCUT2D eigenvalue weighted by Gasteiger charge is 2.16. The van der Waals surface area contributed by atoms with Crippen molar-refractivity contribution in [2.75, 3.05) is 6.61 Å². The number of aromatic amines is 1. The summed E-state index contributed by atoms with van der Waals surface area (Å²) < 4.78 is 10.0.